The van der Waals surface area contributed by atoms with Gasteiger partial charge < -0.3 is 0 Å². The summed E-state index contributed by atoms with van der Waals surface area (Å²) in [6.45, 7) is 17.3. The Morgan fingerprint density at radius 2 is 1.59 bits per heavy atom. The molecule has 0 atom stereocenters. The van der Waals surface area contributed by atoms with E-state index in [9.17, 15) is 0 Å². The summed E-state index contributed by atoms with van der Waals surface area (Å²) in [6, 6.07) is 21.1. The predicted octanol–water partition coefficient (Wildman–Crippen LogP) is 8.87. The normalized spacial score (nSPS) is 15.2. The molecule has 3 heterocycles. The molecule has 6 rings (SSSR count). The van der Waals surface area contributed by atoms with Gasteiger partial charge in [0.25, 0.3) is 5.65 Å². The van der Waals surface area contributed by atoms with E-state index >= 15 is 0 Å². The lowest BCUT2D eigenvalue weighted by Gasteiger charge is -2.31. The summed E-state index contributed by atoms with van der Waals surface area (Å²) in [5.74, 6) is 0. The highest BCUT2D eigenvalue weighted by Gasteiger charge is 2.38. The number of imidazole rings is 1. The zero-order chi connectivity index (χ0) is 26.1. The summed E-state index contributed by atoms with van der Waals surface area (Å²) in [6.07, 6.45) is 7.04. The maximum Gasteiger partial charge on any atom is 0.295 e. The molecule has 2 aromatic heterocycles. The molecule has 0 amide bonds. The SMILES string of the molecule is CCC1(CC)CC[n+]2cc(-c3c(C)cccc3C)n3c4ccc(CC(C)(C)C)cc4c4cccc1c4c32. The standard InChI is InChI=1S/C35H41N2/c1-8-35(9-2)18-19-36-22-30(31-23(3)12-10-13-24(31)4)37-29-17-16-25(21-34(5,6)7)20-27(29)26-14-11-15-28(35)32(26)33(36)37/h10-17,20,22H,8-9,18-19,21H2,1-7H3/q+1. The maximum atomic E-state index is 2.60. The smallest absolute Gasteiger partial charge is 0.229 e. The van der Waals surface area contributed by atoms with Crippen molar-refractivity contribution in [2.24, 2.45) is 5.41 Å². The van der Waals surface area contributed by atoms with Gasteiger partial charge in [-0.15, -0.1) is 0 Å². The Bertz CT molecular complexity index is 1650. The summed E-state index contributed by atoms with van der Waals surface area (Å²) >= 11 is 0. The number of fused-ring (bicyclic) bond motifs is 3. The van der Waals surface area contributed by atoms with Crippen LogP contribution in [0.15, 0.2) is 60.8 Å². The first kappa shape index (κ1) is 24.2. The molecule has 0 saturated carbocycles. The van der Waals surface area contributed by atoms with Gasteiger partial charge >= 0.3 is 0 Å². The average Bonchev–Trinajstić information content (AvgIpc) is 3.16. The second kappa shape index (κ2) is 8.45. The van der Waals surface area contributed by atoms with Crippen molar-refractivity contribution in [1.29, 1.82) is 0 Å². The number of aryl methyl sites for hydroxylation is 3. The molecule has 0 fully saturated rings. The first-order valence-electron chi connectivity index (χ1n) is 14.2. The van der Waals surface area contributed by atoms with Gasteiger partial charge in [-0.3, -0.25) is 0 Å². The molecule has 3 aromatic carbocycles. The van der Waals surface area contributed by atoms with Crippen LogP contribution >= 0.6 is 0 Å². The van der Waals surface area contributed by atoms with Crippen molar-refractivity contribution in [2.45, 2.75) is 86.1 Å². The van der Waals surface area contributed by atoms with E-state index in [1.807, 2.05) is 0 Å². The van der Waals surface area contributed by atoms with Crippen LogP contribution in [0.2, 0.25) is 0 Å². The fourth-order valence-electron chi connectivity index (χ4n) is 7.20. The zero-order valence-electron chi connectivity index (χ0n) is 23.7. The van der Waals surface area contributed by atoms with E-state index in [1.54, 1.807) is 5.56 Å². The monoisotopic (exact) mass is 489 g/mol. The Balaban J connectivity index is 1.84. The molecule has 0 radical (unpaired) electrons. The van der Waals surface area contributed by atoms with E-state index in [0.29, 0.717) is 0 Å². The van der Waals surface area contributed by atoms with Crippen molar-refractivity contribution in [3.05, 3.63) is 83.0 Å². The summed E-state index contributed by atoms with van der Waals surface area (Å²) in [4.78, 5) is 0. The van der Waals surface area contributed by atoms with Crippen LogP contribution in [-0.2, 0) is 18.4 Å². The summed E-state index contributed by atoms with van der Waals surface area (Å²) in [5, 5.41) is 4.25. The number of nitrogens with zero attached hydrogens (tertiary/aromatic N) is 2. The molecule has 0 bridgehead atoms. The van der Waals surface area contributed by atoms with Crippen molar-refractivity contribution < 1.29 is 4.57 Å². The molecule has 37 heavy (non-hydrogen) atoms. The van der Waals surface area contributed by atoms with Crippen molar-refractivity contribution in [3.8, 4) is 11.3 Å². The molecule has 0 aliphatic carbocycles. The van der Waals surface area contributed by atoms with Gasteiger partial charge in [0.15, 0.2) is 5.69 Å². The highest BCUT2D eigenvalue weighted by Crippen LogP contribution is 2.45. The van der Waals surface area contributed by atoms with Crippen LogP contribution in [0.25, 0.3) is 38.6 Å². The van der Waals surface area contributed by atoms with E-state index in [2.05, 4.69) is 118 Å². The van der Waals surface area contributed by atoms with Gasteiger partial charge in [-0.1, -0.05) is 77.1 Å². The molecular formula is C35H41N2+. The summed E-state index contributed by atoms with van der Waals surface area (Å²) < 4.78 is 5.17. The van der Waals surface area contributed by atoms with E-state index in [1.165, 1.54) is 74.5 Å². The van der Waals surface area contributed by atoms with Crippen LogP contribution in [0.4, 0.5) is 0 Å². The van der Waals surface area contributed by atoms with Crippen molar-refractivity contribution in [3.63, 3.8) is 0 Å². The summed E-state index contributed by atoms with van der Waals surface area (Å²) in [5.41, 5.74) is 11.5. The van der Waals surface area contributed by atoms with Gasteiger partial charge in [-0.25, -0.2) is 4.57 Å². The third kappa shape index (κ3) is 3.63. The van der Waals surface area contributed by atoms with E-state index in [4.69, 9.17) is 0 Å². The molecule has 5 aromatic rings. The molecule has 1 aliphatic heterocycles. The van der Waals surface area contributed by atoms with Gasteiger partial charge in [0, 0.05) is 16.3 Å². The Morgan fingerprint density at radius 1 is 0.892 bits per heavy atom. The van der Waals surface area contributed by atoms with Crippen LogP contribution in [0.5, 0.6) is 0 Å². The van der Waals surface area contributed by atoms with Gasteiger partial charge in [-0.2, -0.15) is 4.40 Å². The van der Waals surface area contributed by atoms with Crippen molar-refractivity contribution >= 4 is 27.3 Å². The van der Waals surface area contributed by atoms with E-state index < -0.39 is 0 Å². The molecule has 0 saturated heterocycles. The zero-order valence-corrected chi connectivity index (χ0v) is 23.7. The van der Waals surface area contributed by atoms with E-state index in [-0.39, 0.29) is 10.8 Å². The van der Waals surface area contributed by atoms with Crippen molar-refractivity contribution in [1.82, 2.24) is 4.40 Å². The fraction of sp³-hybridized carbons (Fsp3) is 0.400. The minimum Gasteiger partial charge on any atom is -0.229 e. The molecule has 190 valence electrons. The molecule has 2 nitrogen and oxygen atoms in total. The second-order valence-electron chi connectivity index (χ2n) is 12.7. The maximum absolute atomic E-state index is 2.60. The lowest BCUT2D eigenvalue weighted by atomic mass is 9.72. The molecular weight excluding hydrogens is 448 g/mol. The molecule has 2 heteroatoms. The number of aromatic nitrogens is 2. The third-order valence-electron chi connectivity index (χ3n) is 9.11. The third-order valence-corrected chi connectivity index (χ3v) is 9.11. The number of pyridine rings is 1. The Hall–Kier alpha value is -3.13. The fourth-order valence-corrected chi connectivity index (χ4v) is 7.20. The number of hydrogen-bond donors (Lipinski definition) is 0. The topological polar surface area (TPSA) is 8.29 Å². The van der Waals surface area contributed by atoms with Crippen LogP contribution in [0.3, 0.4) is 0 Å². The average molecular weight is 490 g/mol. The first-order valence-corrected chi connectivity index (χ1v) is 14.2. The highest BCUT2D eigenvalue weighted by atomic mass is 15.1. The predicted molar refractivity (Wildman–Crippen MR) is 158 cm³/mol. The van der Waals surface area contributed by atoms with Crippen LogP contribution in [0.1, 0.15) is 76.1 Å². The van der Waals surface area contributed by atoms with Crippen molar-refractivity contribution in [2.75, 3.05) is 0 Å². The van der Waals surface area contributed by atoms with Crippen LogP contribution in [-0.4, -0.2) is 4.40 Å². The molecule has 1 aliphatic rings. The lowest BCUT2D eigenvalue weighted by molar-refractivity contribution is -0.670. The van der Waals surface area contributed by atoms with Gasteiger partial charge in [0.1, 0.15) is 11.7 Å². The lowest BCUT2D eigenvalue weighted by Crippen LogP contribution is -2.35. The number of benzene rings is 3. The van der Waals surface area contributed by atoms with Gasteiger partial charge in [0.2, 0.25) is 0 Å². The molecule has 0 unspecified atom stereocenters. The van der Waals surface area contributed by atoms with Gasteiger partial charge in [0.05, 0.1) is 11.9 Å². The quantitative estimate of drug-likeness (QED) is 0.176. The van der Waals surface area contributed by atoms with Crippen LogP contribution < -0.4 is 4.57 Å². The molecule has 0 N–H and O–H groups in total. The summed E-state index contributed by atoms with van der Waals surface area (Å²) in [7, 11) is 0. The minimum atomic E-state index is 0.210. The Morgan fingerprint density at radius 3 is 2.27 bits per heavy atom. The Kier molecular flexibility index (Phi) is 5.53. The first-order chi connectivity index (χ1) is 17.7. The largest absolute Gasteiger partial charge is 0.295 e. The van der Waals surface area contributed by atoms with Crippen LogP contribution in [0, 0.1) is 19.3 Å². The minimum absolute atomic E-state index is 0.210. The highest BCUT2D eigenvalue weighted by molar-refractivity contribution is 6.13. The molecule has 0 spiro atoms. The van der Waals surface area contributed by atoms with E-state index in [0.717, 1.165) is 13.0 Å². The number of rotatable bonds is 4. The number of hydrogen-bond acceptors (Lipinski definition) is 0. The van der Waals surface area contributed by atoms with Gasteiger partial charge in [-0.05, 0) is 84.7 Å². The Labute approximate surface area is 222 Å². The second-order valence-corrected chi connectivity index (χ2v) is 12.7.